The van der Waals surface area contributed by atoms with Gasteiger partial charge >= 0.3 is 0 Å². The largest absolute Gasteiger partial charge is 0.327 e. The van der Waals surface area contributed by atoms with Crippen molar-refractivity contribution in [2.75, 3.05) is 6.54 Å². The summed E-state index contributed by atoms with van der Waals surface area (Å²) in [5.41, 5.74) is 6.06. The van der Waals surface area contributed by atoms with Crippen molar-refractivity contribution in [3.8, 4) is 0 Å². The van der Waals surface area contributed by atoms with Gasteiger partial charge in [0.05, 0.1) is 0 Å². The number of hydrogen-bond acceptors (Lipinski definition) is 2. The van der Waals surface area contributed by atoms with Crippen molar-refractivity contribution in [1.29, 1.82) is 0 Å². The van der Waals surface area contributed by atoms with Gasteiger partial charge in [0.1, 0.15) is 0 Å². The molecule has 0 amide bonds. The van der Waals surface area contributed by atoms with E-state index < -0.39 is 0 Å². The Hall–Kier alpha value is -0.0800. The van der Waals surface area contributed by atoms with Gasteiger partial charge in [0, 0.05) is 18.1 Å². The lowest BCUT2D eigenvalue weighted by Gasteiger charge is -2.42. The Morgan fingerprint density at radius 3 is 2.43 bits per heavy atom. The fourth-order valence-corrected chi connectivity index (χ4v) is 2.76. The number of likely N-dealkylation sites (tertiary alicyclic amines) is 1. The highest BCUT2D eigenvalue weighted by atomic mass is 15.2. The molecule has 2 nitrogen and oxygen atoms in total. The van der Waals surface area contributed by atoms with E-state index in [1.807, 2.05) is 0 Å². The Morgan fingerprint density at radius 2 is 1.93 bits per heavy atom. The second kappa shape index (κ2) is 5.72. The minimum atomic E-state index is 0.330. The van der Waals surface area contributed by atoms with Crippen LogP contribution in [0.1, 0.15) is 52.9 Å². The van der Waals surface area contributed by atoms with Crippen LogP contribution >= 0.6 is 0 Å². The van der Waals surface area contributed by atoms with Crippen molar-refractivity contribution in [2.24, 2.45) is 5.73 Å². The maximum Gasteiger partial charge on any atom is 0.0247 e. The van der Waals surface area contributed by atoms with Crippen LogP contribution in [-0.2, 0) is 0 Å². The van der Waals surface area contributed by atoms with Gasteiger partial charge in [0.15, 0.2) is 0 Å². The molecule has 0 radical (unpaired) electrons. The predicted octanol–water partition coefficient (Wildman–Crippen LogP) is 2.38. The van der Waals surface area contributed by atoms with E-state index in [-0.39, 0.29) is 0 Å². The molecule has 0 spiro atoms. The summed E-state index contributed by atoms with van der Waals surface area (Å²) in [6, 6.07) is 1.72. The van der Waals surface area contributed by atoms with E-state index in [9.17, 15) is 0 Å². The molecule has 0 aromatic rings. The molecule has 1 aliphatic heterocycles. The van der Waals surface area contributed by atoms with Crippen LogP contribution in [0.15, 0.2) is 0 Å². The van der Waals surface area contributed by atoms with E-state index in [0.29, 0.717) is 12.1 Å². The highest BCUT2D eigenvalue weighted by molar-refractivity contribution is 4.86. The molecule has 1 heterocycles. The average Bonchev–Trinajstić information content (AvgIpc) is 2.20. The van der Waals surface area contributed by atoms with Crippen LogP contribution in [0.4, 0.5) is 0 Å². The first-order chi connectivity index (χ1) is 6.70. The maximum atomic E-state index is 6.06. The van der Waals surface area contributed by atoms with E-state index in [1.54, 1.807) is 0 Å². The lowest BCUT2D eigenvalue weighted by molar-refractivity contribution is 0.0766. The molecule has 1 aliphatic rings. The number of rotatable bonds is 4. The van der Waals surface area contributed by atoms with Crippen molar-refractivity contribution < 1.29 is 0 Å². The normalized spacial score (nSPS) is 26.8. The molecule has 0 aromatic carbocycles. The maximum absolute atomic E-state index is 6.06. The molecule has 1 rings (SSSR count). The number of piperidine rings is 1. The van der Waals surface area contributed by atoms with Crippen molar-refractivity contribution >= 4 is 0 Å². The summed E-state index contributed by atoms with van der Waals surface area (Å²) >= 11 is 0. The molecule has 2 N–H and O–H groups in total. The van der Waals surface area contributed by atoms with Crippen LogP contribution < -0.4 is 5.73 Å². The van der Waals surface area contributed by atoms with Gasteiger partial charge in [0.2, 0.25) is 0 Å². The van der Waals surface area contributed by atoms with Gasteiger partial charge in [-0.05, 0) is 39.2 Å². The summed E-state index contributed by atoms with van der Waals surface area (Å²) in [7, 11) is 0. The molecule has 0 aromatic heterocycles. The monoisotopic (exact) mass is 198 g/mol. The van der Waals surface area contributed by atoms with Crippen LogP contribution in [0.3, 0.4) is 0 Å². The Labute approximate surface area is 88.8 Å². The summed E-state index contributed by atoms with van der Waals surface area (Å²) in [5, 5.41) is 0. The highest BCUT2D eigenvalue weighted by Crippen LogP contribution is 2.23. The smallest absolute Gasteiger partial charge is 0.0247 e. The van der Waals surface area contributed by atoms with E-state index >= 15 is 0 Å². The Balaban J connectivity index is 2.61. The predicted molar refractivity (Wildman–Crippen MR) is 62.4 cm³/mol. The van der Waals surface area contributed by atoms with E-state index in [1.165, 1.54) is 38.6 Å². The van der Waals surface area contributed by atoms with E-state index in [4.69, 9.17) is 5.73 Å². The fraction of sp³-hybridized carbons (Fsp3) is 1.00. The molecule has 0 saturated carbocycles. The topological polar surface area (TPSA) is 29.3 Å². The zero-order valence-corrected chi connectivity index (χ0v) is 10.00. The Kier molecular flexibility index (Phi) is 4.90. The van der Waals surface area contributed by atoms with Crippen LogP contribution in [0, 0.1) is 0 Å². The summed E-state index contributed by atoms with van der Waals surface area (Å²) in [5.74, 6) is 0. The third-order valence-electron chi connectivity index (χ3n) is 3.61. The minimum absolute atomic E-state index is 0.330. The zero-order valence-electron chi connectivity index (χ0n) is 10.00. The molecule has 2 unspecified atom stereocenters. The molecule has 1 saturated heterocycles. The molecule has 84 valence electrons. The van der Waals surface area contributed by atoms with Crippen LogP contribution in [0.25, 0.3) is 0 Å². The molecule has 14 heavy (non-hydrogen) atoms. The van der Waals surface area contributed by atoms with Gasteiger partial charge < -0.3 is 5.73 Å². The minimum Gasteiger partial charge on any atom is -0.327 e. The van der Waals surface area contributed by atoms with Crippen molar-refractivity contribution in [3.05, 3.63) is 0 Å². The quantitative estimate of drug-likeness (QED) is 0.751. The molecular formula is C12H26N2. The summed E-state index contributed by atoms with van der Waals surface area (Å²) in [6.45, 7) is 8.01. The number of nitrogens with two attached hydrogens (primary N) is 1. The second-order valence-electron chi connectivity index (χ2n) is 4.63. The molecule has 0 bridgehead atoms. The van der Waals surface area contributed by atoms with E-state index in [2.05, 4.69) is 25.7 Å². The molecule has 1 fully saturated rings. The third kappa shape index (κ3) is 2.71. The van der Waals surface area contributed by atoms with Gasteiger partial charge in [-0.25, -0.2) is 0 Å². The van der Waals surface area contributed by atoms with Gasteiger partial charge in [-0.2, -0.15) is 0 Å². The molecule has 0 aliphatic carbocycles. The first-order valence-corrected chi connectivity index (χ1v) is 6.22. The molecule has 2 atom stereocenters. The van der Waals surface area contributed by atoms with Gasteiger partial charge in [-0.15, -0.1) is 0 Å². The third-order valence-corrected chi connectivity index (χ3v) is 3.61. The summed E-state index contributed by atoms with van der Waals surface area (Å²) in [4.78, 5) is 2.66. The lowest BCUT2D eigenvalue weighted by Crippen LogP contribution is -2.53. The van der Waals surface area contributed by atoms with Gasteiger partial charge in [-0.3, -0.25) is 4.90 Å². The second-order valence-corrected chi connectivity index (χ2v) is 4.63. The lowest BCUT2D eigenvalue weighted by atomic mass is 9.93. The first-order valence-electron chi connectivity index (χ1n) is 6.22. The van der Waals surface area contributed by atoms with E-state index in [0.717, 1.165) is 6.04 Å². The zero-order chi connectivity index (χ0) is 10.6. The number of nitrogens with zero attached hydrogens (tertiary/aromatic N) is 1. The SMILES string of the molecule is CCC(CC)N1CCCCC1C(C)N. The molecular weight excluding hydrogens is 172 g/mol. The van der Waals surface area contributed by atoms with Crippen molar-refractivity contribution in [1.82, 2.24) is 4.90 Å². The van der Waals surface area contributed by atoms with Crippen LogP contribution in [-0.4, -0.2) is 29.6 Å². The summed E-state index contributed by atoms with van der Waals surface area (Å²) in [6.07, 6.45) is 6.55. The molecule has 2 heteroatoms. The van der Waals surface area contributed by atoms with Crippen LogP contribution in [0.2, 0.25) is 0 Å². The summed E-state index contributed by atoms with van der Waals surface area (Å²) < 4.78 is 0. The van der Waals surface area contributed by atoms with Gasteiger partial charge in [-0.1, -0.05) is 20.3 Å². The van der Waals surface area contributed by atoms with Crippen molar-refractivity contribution in [2.45, 2.75) is 71.0 Å². The van der Waals surface area contributed by atoms with Crippen LogP contribution in [0.5, 0.6) is 0 Å². The first kappa shape index (κ1) is 12.0. The Morgan fingerprint density at radius 1 is 1.29 bits per heavy atom. The van der Waals surface area contributed by atoms with Crippen molar-refractivity contribution in [3.63, 3.8) is 0 Å². The fourth-order valence-electron chi connectivity index (χ4n) is 2.76. The Bertz CT molecular complexity index is 152. The standard InChI is InChI=1S/C12H26N2/c1-4-11(5-2)14-9-7-6-8-12(14)10(3)13/h10-12H,4-9,13H2,1-3H3. The van der Waals surface area contributed by atoms with Gasteiger partial charge in [0.25, 0.3) is 0 Å². The highest BCUT2D eigenvalue weighted by Gasteiger charge is 2.28. The number of hydrogen-bond donors (Lipinski definition) is 1. The average molecular weight is 198 g/mol.